The number of nitrogens with two attached hydrogens (primary N) is 1. The first-order valence-corrected chi connectivity index (χ1v) is 5.11. The molecule has 1 aliphatic heterocycles. The van der Waals surface area contributed by atoms with Crippen molar-refractivity contribution >= 4 is 5.57 Å². The van der Waals surface area contributed by atoms with Gasteiger partial charge in [0.05, 0.1) is 7.11 Å². The lowest BCUT2D eigenvalue weighted by molar-refractivity contribution is 0.415. The van der Waals surface area contributed by atoms with Gasteiger partial charge < -0.3 is 15.8 Å². The van der Waals surface area contributed by atoms with Gasteiger partial charge in [-0.05, 0) is 23.3 Å². The zero-order valence-electron chi connectivity index (χ0n) is 8.86. The van der Waals surface area contributed by atoms with Gasteiger partial charge in [0.2, 0.25) is 0 Å². The summed E-state index contributed by atoms with van der Waals surface area (Å²) < 4.78 is 5.12. The van der Waals surface area contributed by atoms with Gasteiger partial charge in [-0.25, -0.2) is 0 Å². The smallest absolute Gasteiger partial charge is 0.118 e. The van der Waals surface area contributed by atoms with E-state index >= 15 is 0 Å². The molecule has 0 amide bonds. The van der Waals surface area contributed by atoms with Crippen molar-refractivity contribution in [2.45, 2.75) is 6.04 Å². The fraction of sp³-hybridized carbons (Fsp3) is 0.333. The molecule has 0 fully saturated rings. The van der Waals surface area contributed by atoms with Crippen LogP contribution < -0.4 is 15.8 Å². The predicted molar refractivity (Wildman–Crippen MR) is 61.8 cm³/mol. The maximum atomic E-state index is 5.85. The van der Waals surface area contributed by atoms with Crippen LogP contribution in [0.2, 0.25) is 0 Å². The lowest BCUT2D eigenvalue weighted by Gasteiger charge is -2.19. The van der Waals surface area contributed by atoms with Crippen LogP contribution in [0, 0.1) is 0 Å². The monoisotopic (exact) mass is 204 g/mol. The molecule has 3 heteroatoms. The van der Waals surface area contributed by atoms with Gasteiger partial charge >= 0.3 is 0 Å². The molecular weight excluding hydrogens is 188 g/mol. The van der Waals surface area contributed by atoms with Crippen molar-refractivity contribution in [1.82, 2.24) is 5.32 Å². The molecule has 2 rings (SSSR count). The maximum Gasteiger partial charge on any atom is 0.118 e. The molecule has 0 aromatic heterocycles. The van der Waals surface area contributed by atoms with Crippen molar-refractivity contribution in [1.29, 1.82) is 0 Å². The van der Waals surface area contributed by atoms with Crippen LogP contribution in [0.25, 0.3) is 5.57 Å². The van der Waals surface area contributed by atoms with Crippen LogP contribution >= 0.6 is 0 Å². The summed E-state index contributed by atoms with van der Waals surface area (Å²) in [5.74, 6) is 0.882. The lowest BCUT2D eigenvalue weighted by atomic mass is 10.0. The van der Waals surface area contributed by atoms with E-state index in [1.807, 2.05) is 12.1 Å². The molecule has 1 atom stereocenters. The second-order valence-electron chi connectivity index (χ2n) is 3.72. The molecular formula is C12H16N2O. The third-order valence-electron chi connectivity index (χ3n) is 2.57. The van der Waals surface area contributed by atoms with Crippen molar-refractivity contribution in [3.8, 4) is 5.75 Å². The van der Waals surface area contributed by atoms with Gasteiger partial charge in [-0.1, -0.05) is 18.2 Å². The van der Waals surface area contributed by atoms with Crippen LogP contribution in [0.15, 0.2) is 30.3 Å². The van der Waals surface area contributed by atoms with E-state index in [0.29, 0.717) is 0 Å². The van der Waals surface area contributed by atoms with Crippen LogP contribution in [0.4, 0.5) is 0 Å². The number of ether oxygens (including phenoxy) is 1. The Morgan fingerprint density at radius 1 is 1.33 bits per heavy atom. The van der Waals surface area contributed by atoms with Crippen molar-refractivity contribution < 1.29 is 4.74 Å². The van der Waals surface area contributed by atoms with E-state index in [1.165, 1.54) is 11.1 Å². The quantitative estimate of drug-likeness (QED) is 0.755. The number of benzene rings is 1. The van der Waals surface area contributed by atoms with E-state index in [2.05, 4.69) is 23.5 Å². The normalized spacial score (nSPS) is 20.9. The van der Waals surface area contributed by atoms with Crippen molar-refractivity contribution in [2.75, 3.05) is 20.2 Å². The standard InChI is InChI=1S/C12H16N2O/c1-15-12-4-2-9(3-5-12)10-6-11(13)8-14-7-10/h2-6,11,14H,7-8,13H2,1H3. The molecule has 0 spiro atoms. The summed E-state index contributed by atoms with van der Waals surface area (Å²) >= 11 is 0. The number of methoxy groups -OCH3 is 1. The van der Waals surface area contributed by atoms with E-state index in [4.69, 9.17) is 10.5 Å². The molecule has 0 aliphatic carbocycles. The summed E-state index contributed by atoms with van der Waals surface area (Å²) in [5.41, 5.74) is 8.32. The molecule has 3 nitrogen and oxygen atoms in total. The molecule has 0 saturated heterocycles. The summed E-state index contributed by atoms with van der Waals surface area (Å²) in [6.07, 6.45) is 2.12. The topological polar surface area (TPSA) is 47.3 Å². The lowest BCUT2D eigenvalue weighted by Crippen LogP contribution is -2.37. The predicted octanol–water partition coefficient (Wildman–Crippen LogP) is 1.01. The second-order valence-corrected chi connectivity index (χ2v) is 3.72. The van der Waals surface area contributed by atoms with E-state index in [0.717, 1.165) is 18.8 Å². The highest BCUT2D eigenvalue weighted by molar-refractivity contribution is 5.68. The van der Waals surface area contributed by atoms with Gasteiger partial charge in [-0.15, -0.1) is 0 Å². The van der Waals surface area contributed by atoms with Crippen molar-refractivity contribution in [3.63, 3.8) is 0 Å². The van der Waals surface area contributed by atoms with Crippen molar-refractivity contribution in [3.05, 3.63) is 35.9 Å². The molecule has 1 aromatic rings. The first-order chi connectivity index (χ1) is 7.29. The number of nitrogens with one attached hydrogen (secondary N) is 1. The zero-order chi connectivity index (χ0) is 10.7. The number of hydrogen-bond acceptors (Lipinski definition) is 3. The van der Waals surface area contributed by atoms with Gasteiger partial charge in [0.15, 0.2) is 0 Å². The molecule has 1 aromatic carbocycles. The first kappa shape index (κ1) is 10.2. The van der Waals surface area contributed by atoms with E-state index in [9.17, 15) is 0 Å². The Labute approximate surface area is 89.9 Å². The van der Waals surface area contributed by atoms with Crippen LogP contribution in [0.3, 0.4) is 0 Å². The van der Waals surface area contributed by atoms with Crippen LogP contribution in [0.1, 0.15) is 5.56 Å². The summed E-state index contributed by atoms with van der Waals surface area (Å²) in [4.78, 5) is 0. The van der Waals surface area contributed by atoms with Crippen LogP contribution in [0.5, 0.6) is 5.75 Å². The molecule has 3 N–H and O–H groups in total. The molecule has 0 saturated carbocycles. The average Bonchev–Trinajstić information content (AvgIpc) is 2.29. The Kier molecular flexibility index (Phi) is 3.04. The first-order valence-electron chi connectivity index (χ1n) is 5.11. The SMILES string of the molecule is COc1ccc(C2=CC(N)CNC2)cc1. The third-order valence-corrected chi connectivity index (χ3v) is 2.57. The fourth-order valence-corrected chi connectivity index (χ4v) is 1.75. The molecule has 1 heterocycles. The maximum absolute atomic E-state index is 5.85. The molecule has 15 heavy (non-hydrogen) atoms. The van der Waals surface area contributed by atoms with Gasteiger partial charge in [0.25, 0.3) is 0 Å². The number of hydrogen-bond donors (Lipinski definition) is 2. The largest absolute Gasteiger partial charge is 0.497 e. The highest BCUT2D eigenvalue weighted by atomic mass is 16.5. The summed E-state index contributed by atoms with van der Waals surface area (Å²) in [6.45, 7) is 1.75. The Morgan fingerprint density at radius 2 is 2.07 bits per heavy atom. The minimum absolute atomic E-state index is 0.121. The minimum Gasteiger partial charge on any atom is -0.497 e. The Morgan fingerprint density at radius 3 is 2.67 bits per heavy atom. The Balaban J connectivity index is 2.21. The Bertz CT molecular complexity index is 356. The zero-order valence-corrected chi connectivity index (χ0v) is 8.86. The molecule has 1 aliphatic rings. The van der Waals surface area contributed by atoms with Gasteiger partial charge in [-0.2, -0.15) is 0 Å². The highest BCUT2D eigenvalue weighted by Gasteiger charge is 2.10. The summed E-state index contributed by atoms with van der Waals surface area (Å²) in [6, 6.07) is 8.18. The van der Waals surface area contributed by atoms with Gasteiger partial charge in [0.1, 0.15) is 5.75 Å². The average molecular weight is 204 g/mol. The van der Waals surface area contributed by atoms with E-state index in [1.54, 1.807) is 7.11 Å². The molecule has 0 radical (unpaired) electrons. The van der Waals surface area contributed by atoms with Crippen molar-refractivity contribution in [2.24, 2.45) is 5.73 Å². The Hall–Kier alpha value is -1.32. The third kappa shape index (κ3) is 2.37. The highest BCUT2D eigenvalue weighted by Crippen LogP contribution is 2.19. The fourth-order valence-electron chi connectivity index (χ4n) is 1.75. The van der Waals surface area contributed by atoms with Crippen LogP contribution in [-0.2, 0) is 0 Å². The van der Waals surface area contributed by atoms with E-state index < -0.39 is 0 Å². The minimum atomic E-state index is 0.121. The number of rotatable bonds is 2. The second kappa shape index (κ2) is 4.47. The van der Waals surface area contributed by atoms with Gasteiger partial charge in [0, 0.05) is 19.1 Å². The van der Waals surface area contributed by atoms with Gasteiger partial charge in [-0.3, -0.25) is 0 Å². The van der Waals surface area contributed by atoms with Crippen LogP contribution in [-0.4, -0.2) is 26.2 Å². The molecule has 0 bridgehead atoms. The summed E-state index contributed by atoms with van der Waals surface area (Å²) in [7, 11) is 1.67. The molecule has 80 valence electrons. The summed E-state index contributed by atoms with van der Waals surface area (Å²) in [5, 5.41) is 3.29. The molecule has 1 unspecified atom stereocenters. The van der Waals surface area contributed by atoms with E-state index in [-0.39, 0.29) is 6.04 Å².